The van der Waals surface area contributed by atoms with Crippen molar-refractivity contribution in [1.82, 2.24) is 15.2 Å². The molecule has 0 unspecified atom stereocenters. The third kappa shape index (κ3) is 6.51. The fraction of sp³-hybridized carbons (Fsp3) is 0.667. The summed E-state index contributed by atoms with van der Waals surface area (Å²) in [6, 6.07) is 0. The van der Waals surface area contributed by atoms with Crippen molar-refractivity contribution in [2.45, 2.75) is 13.5 Å². The van der Waals surface area contributed by atoms with E-state index in [0.29, 0.717) is 19.7 Å². The molecule has 0 bridgehead atoms. The summed E-state index contributed by atoms with van der Waals surface area (Å²) >= 11 is 1.62. The van der Waals surface area contributed by atoms with Gasteiger partial charge in [0.15, 0.2) is 5.13 Å². The summed E-state index contributed by atoms with van der Waals surface area (Å²) in [5.74, 6) is 0.0102. The summed E-state index contributed by atoms with van der Waals surface area (Å²) in [4.78, 5) is 19.0. The first-order valence-electron chi connectivity index (χ1n) is 6.28. The minimum absolute atomic E-state index is 0.0102. The van der Waals surface area contributed by atoms with Crippen LogP contribution in [-0.2, 0) is 16.1 Å². The predicted octanol–water partition coefficient (Wildman–Crippen LogP) is 0.769. The molecule has 0 fully saturated rings. The van der Waals surface area contributed by atoms with E-state index >= 15 is 0 Å². The largest absolute Gasteiger partial charge is 0.383 e. The van der Waals surface area contributed by atoms with E-state index in [1.807, 2.05) is 25.1 Å². The Morgan fingerprint density at radius 1 is 1.58 bits per heavy atom. The summed E-state index contributed by atoms with van der Waals surface area (Å²) in [7, 11) is 3.53. The molecule has 0 aliphatic rings. The molecule has 1 heterocycles. The zero-order valence-electron chi connectivity index (χ0n) is 11.7. The first-order chi connectivity index (χ1) is 9.15. The number of aromatic nitrogens is 1. The summed E-state index contributed by atoms with van der Waals surface area (Å²) in [6.07, 6.45) is 1.85. The number of likely N-dealkylation sites (N-methyl/N-ethyl adjacent to an activating group) is 1. The van der Waals surface area contributed by atoms with Crippen LogP contribution in [0, 0.1) is 0 Å². The van der Waals surface area contributed by atoms with Crippen LogP contribution < -0.4 is 10.6 Å². The number of rotatable bonds is 9. The molecule has 7 heteroatoms. The van der Waals surface area contributed by atoms with Crippen LogP contribution in [0.1, 0.15) is 11.8 Å². The average Bonchev–Trinajstić information content (AvgIpc) is 2.77. The lowest BCUT2D eigenvalue weighted by atomic mass is 10.4. The molecule has 108 valence electrons. The topological polar surface area (TPSA) is 66.5 Å². The van der Waals surface area contributed by atoms with E-state index in [2.05, 4.69) is 15.6 Å². The number of hydrogen-bond acceptors (Lipinski definition) is 6. The minimum atomic E-state index is 0.0102. The van der Waals surface area contributed by atoms with E-state index in [0.717, 1.165) is 23.1 Å². The van der Waals surface area contributed by atoms with Gasteiger partial charge >= 0.3 is 0 Å². The van der Waals surface area contributed by atoms with Crippen molar-refractivity contribution >= 4 is 22.4 Å². The van der Waals surface area contributed by atoms with Crippen LogP contribution in [0.4, 0.5) is 5.13 Å². The summed E-state index contributed by atoms with van der Waals surface area (Å²) < 4.78 is 4.88. The van der Waals surface area contributed by atoms with Crippen molar-refractivity contribution in [3.63, 3.8) is 0 Å². The standard InChI is InChI=1S/C12H22N4O2S/c1-4-13-12-15-7-10(19-12)8-16(2)9-11(17)14-5-6-18-3/h7H,4-6,8-9H2,1-3H3,(H,13,15)(H,14,17). The number of methoxy groups -OCH3 is 1. The number of carbonyl (C=O) groups excluding carboxylic acids is 1. The van der Waals surface area contributed by atoms with Crippen molar-refractivity contribution < 1.29 is 9.53 Å². The van der Waals surface area contributed by atoms with Gasteiger partial charge in [0.25, 0.3) is 0 Å². The monoisotopic (exact) mass is 286 g/mol. The summed E-state index contributed by atoms with van der Waals surface area (Å²) in [5, 5.41) is 6.89. The van der Waals surface area contributed by atoms with E-state index in [-0.39, 0.29) is 5.91 Å². The van der Waals surface area contributed by atoms with Gasteiger partial charge in [0.2, 0.25) is 5.91 Å². The smallest absolute Gasteiger partial charge is 0.234 e. The number of amides is 1. The van der Waals surface area contributed by atoms with Gasteiger partial charge in [-0.25, -0.2) is 4.98 Å². The summed E-state index contributed by atoms with van der Waals surface area (Å²) in [5.41, 5.74) is 0. The van der Waals surface area contributed by atoms with Gasteiger partial charge in [-0.1, -0.05) is 0 Å². The lowest BCUT2D eigenvalue weighted by molar-refractivity contribution is -0.122. The maximum absolute atomic E-state index is 11.6. The van der Waals surface area contributed by atoms with Gasteiger partial charge in [0, 0.05) is 37.8 Å². The molecule has 0 radical (unpaired) electrons. The molecule has 0 atom stereocenters. The Bertz CT molecular complexity index is 384. The lowest BCUT2D eigenvalue weighted by Crippen LogP contribution is -2.36. The van der Waals surface area contributed by atoms with E-state index in [1.165, 1.54) is 0 Å². The molecule has 1 aromatic heterocycles. The molecule has 6 nitrogen and oxygen atoms in total. The van der Waals surface area contributed by atoms with Crippen LogP contribution in [-0.4, -0.2) is 56.2 Å². The average molecular weight is 286 g/mol. The zero-order valence-corrected chi connectivity index (χ0v) is 12.5. The van der Waals surface area contributed by atoms with E-state index < -0.39 is 0 Å². The highest BCUT2D eigenvalue weighted by Gasteiger charge is 2.08. The van der Waals surface area contributed by atoms with E-state index in [4.69, 9.17) is 4.74 Å². The number of nitrogens with one attached hydrogen (secondary N) is 2. The van der Waals surface area contributed by atoms with Crippen molar-refractivity contribution in [2.75, 3.05) is 45.7 Å². The fourth-order valence-electron chi connectivity index (χ4n) is 1.53. The number of nitrogens with zero attached hydrogens (tertiary/aromatic N) is 2. The van der Waals surface area contributed by atoms with E-state index in [9.17, 15) is 4.79 Å². The van der Waals surface area contributed by atoms with Gasteiger partial charge in [0.1, 0.15) is 0 Å². The Labute approximate surface area is 118 Å². The van der Waals surface area contributed by atoms with Crippen molar-refractivity contribution in [3.05, 3.63) is 11.1 Å². The number of carbonyl (C=O) groups is 1. The zero-order chi connectivity index (χ0) is 14.1. The predicted molar refractivity (Wildman–Crippen MR) is 77.5 cm³/mol. The van der Waals surface area contributed by atoms with E-state index in [1.54, 1.807) is 18.4 Å². The maximum Gasteiger partial charge on any atom is 0.234 e. The molecule has 2 N–H and O–H groups in total. The molecular formula is C12H22N4O2S. The van der Waals surface area contributed by atoms with Crippen LogP contribution in [0.2, 0.25) is 0 Å². The lowest BCUT2D eigenvalue weighted by Gasteiger charge is -2.14. The highest BCUT2D eigenvalue weighted by Crippen LogP contribution is 2.18. The molecule has 19 heavy (non-hydrogen) atoms. The maximum atomic E-state index is 11.6. The van der Waals surface area contributed by atoms with Gasteiger partial charge in [-0.05, 0) is 14.0 Å². The number of hydrogen-bond donors (Lipinski definition) is 2. The van der Waals surface area contributed by atoms with Gasteiger partial charge in [0.05, 0.1) is 13.2 Å². The molecule has 1 rings (SSSR count). The van der Waals surface area contributed by atoms with Crippen LogP contribution >= 0.6 is 11.3 Å². The highest BCUT2D eigenvalue weighted by molar-refractivity contribution is 7.15. The Kier molecular flexibility index (Phi) is 7.39. The Hall–Kier alpha value is -1.18. The van der Waals surface area contributed by atoms with Crippen LogP contribution in [0.3, 0.4) is 0 Å². The van der Waals surface area contributed by atoms with Gasteiger partial charge < -0.3 is 15.4 Å². The molecule has 0 aliphatic heterocycles. The molecule has 0 aliphatic carbocycles. The second kappa shape index (κ2) is 8.84. The van der Waals surface area contributed by atoms with Gasteiger partial charge in [-0.2, -0.15) is 0 Å². The van der Waals surface area contributed by atoms with Gasteiger partial charge in [-0.3, -0.25) is 9.69 Å². The quantitative estimate of drug-likeness (QED) is 0.656. The normalized spacial score (nSPS) is 10.7. The van der Waals surface area contributed by atoms with Crippen molar-refractivity contribution in [2.24, 2.45) is 0 Å². The second-order valence-corrected chi connectivity index (χ2v) is 5.29. The third-order valence-corrected chi connectivity index (χ3v) is 3.29. The Balaban J connectivity index is 2.29. The first kappa shape index (κ1) is 15.9. The fourth-order valence-corrected chi connectivity index (χ4v) is 2.49. The molecule has 0 aromatic carbocycles. The molecule has 0 saturated heterocycles. The SMILES string of the molecule is CCNc1ncc(CN(C)CC(=O)NCCOC)s1. The molecular weight excluding hydrogens is 264 g/mol. The highest BCUT2D eigenvalue weighted by atomic mass is 32.1. The number of anilines is 1. The van der Waals surface area contributed by atoms with Crippen LogP contribution in [0.5, 0.6) is 0 Å². The molecule has 1 amide bonds. The number of ether oxygens (including phenoxy) is 1. The van der Waals surface area contributed by atoms with Crippen molar-refractivity contribution in [1.29, 1.82) is 0 Å². The van der Waals surface area contributed by atoms with Crippen LogP contribution in [0.25, 0.3) is 0 Å². The molecule has 1 aromatic rings. The first-order valence-corrected chi connectivity index (χ1v) is 7.10. The summed E-state index contributed by atoms with van der Waals surface area (Å²) in [6.45, 7) is 5.09. The number of thiazole rings is 1. The van der Waals surface area contributed by atoms with Gasteiger partial charge in [-0.15, -0.1) is 11.3 Å². The minimum Gasteiger partial charge on any atom is -0.383 e. The molecule has 0 spiro atoms. The van der Waals surface area contributed by atoms with Crippen LogP contribution in [0.15, 0.2) is 6.20 Å². The Morgan fingerprint density at radius 3 is 3.05 bits per heavy atom. The van der Waals surface area contributed by atoms with Crippen molar-refractivity contribution in [3.8, 4) is 0 Å². The second-order valence-electron chi connectivity index (χ2n) is 4.18. The third-order valence-electron chi connectivity index (χ3n) is 2.35. The Morgan fingerprint density at radius 2 is 2.37 bits per heavy atom. The molecule has 0 saturated carbocycles.